The Kier molecular flexibility index (Phi) is 26.1. The van der Waals surface area contributed by atoms with Crippen molar-refractivity contribution in [2.45, 2.75) is 0 Å². The summed E-state index contributed by atoms with van der Waals surface area (Å²) >= 11 is 0. The predicted molar refractivity (Wildman–Crippen MR) is 107 cm³/mol. The molecule has 0 fully saturated rings. The Bertz CT molecular complexity index is 568. The maximum absolute atomic E-state index is 11.2. The number of rotatable bonds is 8. The molecule has 0 rings (SSSR count). The molecule has 0 atom stereocenters. The van der Waals surface area contributed by atoms with Crippen LogP contribution in [-0.2, 0) is 9.59 Å². The van der Waals surface area contributed by atoms with Crippen LogP contribution in [0, 0.1) is 0 Å². The molecule has 0 aromatic rings. The van der Waals surface area contributed by atoms with Crippen molar-refractivity contribution >= 4 is 36.3 Å². The standard InChI is InChI=1S/C9H20N8O4.C3H2N2O2.CH6N2/c1-10-6(18)12-3-14-8(20)16-5-17-9(21)15-4-13-7(19)11-2;6-2-4-1-5-3-7;2-1-3/h3-5H2,1-2H3,(H2,10,12,18)(H2,11,13,19)(H2,14,16,20)(H2,15,17,21);1H2;1-3H2. The van der Waals surface area contributed by atoms with Gasteiger partial charge in [-0.2, -0.15) is 9.98 Å². The Morgan fingerprint density at radius 1 is 0.645 bits per heavy atom. The summed E-state index contributed by atoms with van der Waals surface area (Å²) < 4.78 is 0. The molecule has 0 heterocycles. The lowest BCUT2D eigenvalue weighted by Gasteiger charge is -2.10. The second-order valence-corrected chi connectivity index (χ2v) is 4.28. The number of nitrogens with zero attached hydrogens (tertiary/aromatic N) is 2. The number of urea groups is 4. The van der Waals surface area contributed by atoms with Gasteiger partial charge in [0.1, 0.15) is 0 Å². The summed E-state index contributed by atoms with van der Waals surface area (Å²) in [6.45, 7) is -0.161. The van der Waals surface area contributed by atoms with Crippen molar-refractivity contribution in [3.05, 3.63) is 0 Å². The second-order valence-electron chi connectivity index (χ2n) is 4.28. The van der Waals surface area contributed by atoms with Gasteiger partial charge in [-0.25, -0.2) is 28.8 Å². The van der Waals surface area contributed by atoms with Gasteiger partial charge in [0.05, 0.1) is 20.0 Å². The highest BCUT2D eigenvalue weighted by molar-refractivity contribution is 5.78. The summed E-state index contributed by atoms with van der Waals surface area (Å²) in [4.78, 5) is 68.2. The minimum absolute atomic E-state index is 0.0618. The van der Waals surface area contributed by atoms with E-state index >= 15 is 0 Å². The lowest BCUT2D eigenvalue weighted by atomic mass is 10.8. The highest BCUT2D eigenvalue weighted by Gasteiger charge is 2.02. The van der Waals surface area contributed by atoms with Crippen molar-refractivity contribution in [3.8, 4) is 0 Å². The van der Waals surface area contributed by atoms with Crippen LogP contribution in [0.3, 0.4) is 0 Å². The third-order valence-corrected chi connectivity index (χ3v) is 2.22. The SMILES string of the molecule is CNC(=O)NCNC(=O)NCNC(=O)NCNC(=O)NC.NCN.O=C=NCN=C=O. The molecular weight excluding hydrogens is 420 g/mol. The lowest BCUT2D eigenvalue weighted by molar-refractivity contribution is 0.232. The van der Waals surface area contributed by atoms with Gasteiger partial charge in [-0.3, -0.25) is 0 Å². The summed E-state index contributed by atoms with van der Waals surface area (Å²) in [6, 6.07) is -2.02. The molecule has 0 aliphatic carbocycles. The highest BCUT2D eigenvalue weighted by Crippen LogP contribution is 1.66. The van der Waals surface area contributed by atoms with Crippen LogP contribution in [0.5, 0.6) is 0 Å². The summed E-state index contributed by atoms with van der Waals surface area (Å²) in [5.41, 5.74) is 9.25. The van der Waals surface area contributed by atoms with Crippen LogP contribution in [0.4, 0.5) is 19.2 Å². The fourth-order valence-electron chi connectivity index (χ4n) is 1.01. The van der Waals surface area contributed by atoms with E-state index < -0.39 is 24.1 Å². The molecule has 0 saturated carbocycles. The van der Waals surface area contributed by atoms with Gasteiger partial charge in [0.25, 0.3) is 0 Å². The van der Waals surface area contributed by atoms with Crippen LogP contribution in [0.2, 0.25) is 0 Å². The van der Waals surface area contributed by atoms with Crippen LogP contribution in [0.1, 0.15) is 0 Å². The third kappa shape index (κ3) is 30.7. The molecule has 0 aromatic heterocycles. The van der Waals surface area contributed by atoms with Gasteiger partial charge in [-0.05, 0) is 0 Å². The molecule has 0 unspecified atom stereocenters. The number of nitrogens with one attached hydrogen (secondary N) is 8. The van der Waals surface area contributed by atoms with Crippen LogP contribution in [0.15, 0.2) is 9.98 Å². The monoisotopic (exact) mass is 448 g/mol. The zero-order valence-electron chi connectivity index (χ0n) is 17.0. The van der Waals surface area contributed by atoms with E-state index in [2.05, 4.69) is 64.0 Å². The van der Waals surface area contributed by atoms with E-state index in [1.807, 2.05) is 0 Å². The van der Waals surface area contributed by atoms with Crippen molar-refractivity contribution < 1.29 is 28.8 Å². The first kappa shape index (κ1) is 31.5. The Morgan fingerprint density at radius 3 is 1.13 bits per heavy atom. The number of carbonyl (C=O) groups excluding carboxylic acids is 6. The molecule has 0 bridgehead atoms. The number of hydrogen-bond donors (Lipinski definition) is 10. The van der Waals surface area contributed by atoms with Crippen molar-refractivity contribution in [1.82, 2.24) is 42.5 Å². The molecule has 176 valence electrons. The van der Waals surface area contributed by atoms with Crippen molar-refractivity contribution in [3.63, 3.8) is 0 Å². The number of hydrogen-bond acceptors (Lipinski definition) is 10. The third-order valence-electron chi connectivity index (χ3n) is 2.22. The molecule has 12 N–H and O–H groups in total. The first-order chi connectivity index (χ1) is 14.8. The predicted octanol–water partition coefficient (Wildman–Crippen LogP) is -4.21. The molecule has 0 aliphatic heterocycles. The van der Waals surface area contributed by atoms with Gasteiger partial charge in [0, 0.05) is 20.8 Å². The molecule has 18 heteroatoms. The first-order valence-electron chi connectivity index (χ1n) is 8.24. The van der Waals surface area contributed by atoms with Gasteiger partial charge >= 0.3 is 24.1 Å². The molecule has 31 heavy (non-hydrogen) atoms. The van der Waals surface area contributed by atoms with Crippen LogP contribution >= 0.6 is 0 Å². The minimum atomic E-state index is -0.574. The van der Waals surface area contributed by atoms with Gasteiger partial charge in [0.2, 0.25) is 12.2 Å². The van der Waals surface area contributed by atoms with Crippen molar-refractivity contribution in [2.24, 2.45) is 21.5 Å². The first-order valence-corrected chi connectivity index (χ1v) is 8.24. The van der Waals surface area contributed by atoms with Gasteiger partial charge < -0.3 is 54.0 Å². The van der Waals surface area contributed by atoms with E-state index in [0.717, 1.165) is 0 Å². The zero-order chi connectivity index (χ0) is 24.3. The molecule has 0 aromatic carbocycles. The number of carbonyl (C=O) groups is 4. The van der Waals surface area contributed by atoms with E-state index in [9.17, 15) is 28.8 Å². The lowest BCUT2D eigenvalue weighted by Crippen LogP contribution is -2.50. The topological polar surface area (TPSA) is 275 Å². The summed E-state index contributed by atoms with van der Waals surface area (Å²) in [5, 5.41) is 18.6. The van der Waals surface area contributed by atoms with Crippen LogP contribution < -0.4 is 54.0 Å². The van der Waals surface area contributed by atoms with Crippen molar-refractivity contribution in [2.75, 3.05) is 47.4 Å². The van der Waals surface area contributed by atoms with Crippen LogP contribution in [0.25, 0.3) is 0 Å². The number of isocyanates is 2. The smallest absolute Gasteiger partial charge is 0.317 e. The zero-order valence-corrected chi connectivity index (χ0v) is 17.0. The maximum atomic E-state index is 11.2. The number of nitrogens with two attached hydrogens (primary N) is 2. The summed E-state index contributed by atoms with van der Waals surface area (Å²) in [5.74, 6) is 0. The molecular formula is C13H28N12O6. The average molecular weight is 448 g/mol. The normalized spacial score (nSPS) is 7.87. The molecule has 0 radical (unpaired) electrons. The van der Waals surface area contributed by atoms with E-state index in [4.69, 9.17) is 0 Å². The Labute approximate surface area is 177 Å². The Balaban J connectivity index is -0.000000650. The number of amides is 8. The quantitative estimate of drug-likeness (QED) is 0.0984. The molecule has 0 spiro atoms. The van der Waals surface area contributed by atoms with E-state index in [1.54, 1.807) is 0 Å². The maximum Gasteiger partial charge on any atom is 0.317 e. The molecule has 0 aliphatic rings. The Hall–Kier alpha value is -4.24. The fourth-order valence-corrected chi connectivity index (χ4v) is 1.01. The van der Waals surface area contributed by atoms with E-state index in [-0.39, 0.29) is 33.3 Å². The van der Waals surface area contributed by atoms with Gasteiger partial charge in [-0.15, -0.1) is 0 Å². The summed E-state index contributed by atoms with van der Waals surface area (Å²) in [6.07, 6.45) is 2.41. The largest absolute Gasteiger partial charge is 0.341 e. The van der Waals surface area contributed by atoms with E-state index in [1.165, 1.54) is 26.3 Å². The Morgan fingerprint density at radius 2 is 0.903 bits per heavy atom. The number of aliphatic imine (C=N–C) groups is 2. The summed E-state index contributed by atoms with van der Waals surface area (Å²) in [7, 11) is 2.88. The van der Waals surface area contributed by atoms with E-state index in [0.29, 0.717) is 0 Å². The van der Waals surface area contributed by atoms with Crippen molar-refractivity contribution in [1.29, 1.82) is 0 Å². The highest BCUT2D eigenvalue weighted by atomic mass is 16.2. The van der Waals surface area contributed by atoms with Crippen LogP contribution in [-0.4, -0.2) is 83.7 Å². The fraction of sp³-hybridized carbons (Fsp3) is 0.538. The second kappa shape index (κ2) is 25.8. The van der Waals surface area contributed by atoms with Gasteiger partial charge in [-0.1, -0.05) is 0 Å². The van der Waals surface area contributed by atoms with Gasteiger partial charge in [0.15, 0.2) is 6.67 Å². The molecule has 8 amide bonds. The average Bonchev–Trinajstić information content (AvgIpc) is 2.74. The molecule has 0 saturated heterocycles. The minimum Gasteiger partial charge on any atom is -0.341 e. The molecule has 18 nitrogen and oxygen atoms in total.